The van der Waals surface area contributed by atoms with Crippen LogP contribution in [0.4, 0.5) is 0 Å². The number of carboxylic acid groups (broad SMARTS) is 1. The predicted molar refractivity (Wildman–Crippen MR) is 85.7 cm³/mol. The molecule has 1 atom stereocenters. The minimum Gasteiger partial charge on any atom is -0.480 e. The zero-order valence-corrected chi connectivity index (χ0v) is 14.3. The molecule has 0 saturated carbocycles. The molecule has 23 heavy (non-hydrogen) atoms. The maximum Gasteiger partial charge on any atom is 0.321 e. The van der Waals surface area contributed by atoms with Gasteiger partial charge >= 0.3 is 5.97 Å². The molecule has 0 radical (unpaired) electrons. The number of amides is 1. The van der Waals surface area contributed by atoms with Crippen LogP contribution in [0.2, 0.25) is 0 Å². The van der Waals surface area contributed by atoms with E-state index in [1.54, 1.807) is 14.1 Å². The summed E-state index contributed by atoms with van der Waals surface area (Å²) in [5.74, 6) is -1.55. The largest absolute Gasteiger partial charge is 0.480 e. The maximum atomic E-state index is 12.4. The molecule has 1 unspecified atom stereocenters. The minimum atomic E-state index is -4.02. The van der Waals surface area contributed by atoms with Gasteiger partial charge in [0.05, 0.1) is 4.90 Å². The highest BCUT2D eigenvalue weighted by molar-refractivity contribution is 7.89. The van der Waals surface area contributed by atoms with Crippen molar-refractivity contribution in [1.29, 1.82) is 0 Å². The van der Waals surface area contributed by atoms with E-state index in [1.165, 1.54) is 29.2 Å². The molecule has 0 aliphatic carbocycles. The molecule has 1 aromatic carbocycles. The van der Waals surface area contributed by atoms with Crippen LogP contribution in [0.5, 0.6) is 0 Å². The number of nitrogens with one attached hydrogen (secondary N) is 1. The first-order chi connectivity index (χ1) is 10.7. The number of carbonyl (C=O) groups is 2. The Kier molecular flexibility index (Phi) is 6.71. The van der Waals surface area contributed by atoms with Gasteiger partial charge in [-0.25, -0.2) is 8.42 Å². The van der Waals surface area contributed by atoms with E-state index in [4.69, 9.17) is 5.11 Å². The van der Waals surface area contributed by atoms with Gasteiger partial charge in [-0.2, -0.15) is 4.72 Å². The monoisotopic (exact) mass is 342 g/mol. The van der Waals surface area contributed by atoms with E-state index < -0.39 is 22.0 Å². The topological polar surface area (TPSA) is 104 Å². The minimum absolute atomic E-state index is 0.132. The number of carboxylic acids is 1. The number of carbonyl (C=O) groups excluding carboxylic acids is 1. The summed E-state index contributed by atoms with van der Waals surface area (Å²) in [5.41, 5.74) is 0.221. The van der Waals surface area contributed by atoms with Gasteiger partial charge < -0.3 is 10.0 Å². The quantitative estimate of drug-likeness (QED) is 0.741. The number of sulfonamides is 1. The lowest BCUT2D eigenvalue weighted by molar-refractivity contribution is -0.139. The molecule has 1 aromatic rings. The number of rotatable bonds is 8. The molecule has 2 N–H and O–H groups in total. The summed E-state index contributed by atoms with van der Waals surface area (Å²) in [4.78, 5) is 24.3. The number of benzene rings is 1. The second-order valence-electron chi connectivity index (χ2n) is 5.38. The zero-order valence-electron chi connectivity index (χ0n) is 13.4. The van der Waals surface area contributed by atoms with Crippen molar-refractivity contribution in [2.24, 2.45) is 0 Å². The average Bonchev–Trinajstić information content (AvgIpc) is 2.50. The molecule has 0 heterocycles. The molecule has 8 heteroatoms. The number of hydrogen-bond donors (Lipinski definition) is 2. The highest BCUT2D eigenvalue weighted by Gasteiger charge is 2.25. The lowest BCUT2D eigenvalue weighted by Gasteiger charge is -2.15. The van der Waals surface area contributed by atoms with Crippen molar-refractivity contribution >= 4 is 21.9 Å². The summed E-state index contributed by atoms with van der Waals surface area (Å²) in [7, 11) is -0.893. The fourth-order valence-corrected chi connectivity index (χ4v) is 3.22. The van der Waals surface area contributed by atoms with Crippen LogP contribution in [0.1, 0.15) is 36.5 Å². The predicted octanol–water partition coefficient (Wildman–Crippen LogP) is 1.31. The number of nitrogens with zero attached hydrogens (tertiary/aromatic N) is 1. The van der Waals surface area contributed by atoms with Crippen LogP contribution in [-0.2, 0) is 14.8 Å². The Morgan fingerprint density at radius 1 is 1.30 bits per heavy atom. The summed E-state index contributed by atoms with van der Waals surface area (Å²) in [5, 5.41) is 9.14. The van der Waals surface area contributed by atoms with Gasteiger partial charge in [0, 0.05) is 19.7 Å². The Hall–Kier alpha value is -1.93. The van der Waals surface area contributed by atoms with Crippen molar-refractivity contribution in [3.8, 4) is 0 Å². The highest BCUT2D eigenvalue weighted by atomic mass is 32.2. The standard InChI is InChI=1S/C15H22N2O5S/c1-4-5-9-13(15(19)20)16-23(21,22)12-8-6-7-11(10-12)14(18)17(2)3/h6-8,10,13,16H,4-5,9H2,1-3H3,(H,19,20). The zero-order chi connectivity index (χ0) is 17.6. The molecule has 0 spiro atoms. The van der Waals surface area contributed by atoms with Crippen LogP contribution in [0.3, 0.4) is 0 Å². The molecule has 7 nitrogen and oxygen atoms in total. The van der Waals surface area contributed by atoms with Crippen molar-refractivity contribution in [3.63, 3.8) is 0 Å². The van der Waals surface area contributed by atoms with Gasteiger partial charge in [-0.1, -0.05) is 25.8 Å². The van der Waals surface area contributed by atoms with Gasteiger partial charge in [0.1, 0.15) is 6.04 Å². The Labute approximate surface area is 136 Å². The van der Waals surface area contributed by atoms with Crippen LogP contribution in [-0.4, -0.2) is 50.4 Å². The van der Waals surface area contributed by atoms with Gasteiger partial charge in [-0.15, -0.1) is 0 Å². The van der Waals surface area contributed by atoms with Crippen LogP contribution >= 0.6 is 0 Å². The smallest absolute Gasteiger partial charge is 0.321 e. The normalized spacial score (nSPS) is 12.7. The van der Waals surface area contributed by atoms with Crippen molar-refractivity contribution < 1.29 is 23.1 Å². The van der Waals surface area contributed by atoms with Crippen molar-refractivity contribution in [2.75, 3.05) is 14.1 Å². The Morgan fingerprint density at radius 3 is 2.48 bits per heavy atom. The van der Waals surface area contributed by atoms with E-state index in [9.17, 15) is 18.0 Å². The van der Waals surface area contributed by atoms with E-state index >= 15 is 0 Å². The lowest BCUT2D eigenvalue weighted by atomic mass is 10.1. The molecular weight excluding hydrogens is 320 g/mol. The molecule has 0 saturated heterocycles. The molecule has 0 fully saturated rings. The number of hydrogen-bond acceptors (Lipinski definition) is 4. The van der Waals surface area contributed by atoms with Crippen LogP contribution in [0.15, 0.2) is 29.2 Å². The van der Waals surface area contributed by atoms with Crippen molar-refractivity contribution in [1.82, 2.24) is 9.62 Å². The number of unbranched alkanes of at least 4 members (excludes halogenated alkanes) is 1. The Morgan fingerprint density at radius 2 is 1.96 bits per heavy atom. The van der Waals surface area contributed by atoms with Gasteiger partial charge in [0.15, 0.2) is 0 Å². The summed E-state index contributed by atoms with van der Waals surface area (Å²) in [6.45, 7) is 1.89. The SMILES string of the molecule is CCCCC(NS(=O)(=O)c1cccc(C(=O)N(C)C)c1)C(=O)O. The third-order valence-electron chi connectivity index (χ3n) is 3.24. The molecule has 0 bridgehead atoms. The third kappa shape index (κ3) is 5.33. The van der Waals surface area contributed by atoms with Gasteiger partial charge in [-0.05, 0) is 24.6 Å². The highest BCUT2D eigenvalue weighted by Crippen LogP contribution is 2.14. The van der Waals surface area contributed by atoms with Crippen molar-refractivity contribution in [2.45, 2.75) is 37.1 Å². The van der Waals surface area contributed by atoms with Crippen molar-refractivity contribution in [3.05, 3.63) is 29.8 Å². The second kappa shape index (κ2) is 8.07. The summed E-state index contributed by atoms with van der Waals surface area (Å²) in [6, 6.07) is 4.34. The van der Waals surface area contributed by atoms with E-state index in [-0.39, 0.29) is 22.8 Å². The summed E-state index contributed by atoms with van der Waals surface area (Å²) >= 11 is 0. The van der Waals surface area contributed by atoms with E-state index in [2.05, 4.69) is 4.72 Å². The summed E-state index contributed by atoms with van der Waals surface area (Å²) < 4.78 is 26.9. The van der Waals surface area contributed by atoms with Crippen LogP contribution < -0.4 is 4.72 Å². The fraction of sp³-hybridized carbons (Fsp3) is 0.467. The van der Waals surface area contributed by atoms with E-state index in [0.29, 0.717) is 6.42 Å². The van der Waals surface area contributed by atoms with Crippen LogP contribution in [0, 0.1) is 0 Å². The lowest BCUT2D eigenvalue weighted by Crippen LogP contribution is -2.40. The molecule has 1 rings (SSSR count). The van der Waals surface area contributed by atoms with Gasteiger partial charge in [0.2, 0.25) is 10.0 Å². The first-order valence-electron chi connectivity index (χ1n) is 7.26. The van der Waals surface area contributed by atoms with Gasteiger partial charge in [0.25, 0.3) is 5.91 Å². The van der Waals surface area contributed by atoms with E-state index in [1.807, 2.05) is 6.92 Å². The molecule has 0 aliphatic heterocycles. The summed E-state index contributed by atoms with van der Waals surface area (Å²) in [6.07, 6.45) is 1.57. The first-order valence-corrected chi connectivity index (χ1v) is 8.74. The Bertz CT molecular complexity index is 670. The number of aliphatic carboxylic acids is 1. The third-order valence-corrected chi connectivity index (χ3v) is 4.71. The molecule has 0 aromatic heterocycles. The average molecular weight is 342 g/mol. The van der Waals surface area contributed by atoms with Gasteiger partial charge in [-0.3, -0.25) is 9.59 Å². The molecule has 0 aliphatic rings. The Balaban J connectivity index is 3.06. The fourth-order valence-electron chi connectivity index (χ4n) is 1.95. The second-order valence-corrected chi connectivity index (χ2v) is 7.10. The van der Waals surface area contributed by atoms with Crippen LogP contribution in [0.25, 0.3) is 0 Å². The maximum absolute atomic E-state index is 12.4. The molecule has 1 amide bonds. The molecule has 128 valence electrons. The van der Waals surface area contributed by atoms with E-state index in [0.717, 1.165) is 6.42 Å². The molecular formula is C15H22N2O5S. The first kappa shape index (κ1) is 19.1.